The molecule has 2 N–H and O–H groups in total. The third-order valence-corrected chi connectivity index (χ3v) is 7.84. The molecule has 3 fully saturated rings. The third-order valence-electron chi connectivity index (χ3n) is 7.84. The number of aliphatic hydroxyl groups excluding tert-OH is 1. The fourth-order valence-corrected chi connectivity index (χ4v) is 5.34. The van der Waals surface area contributed by atoms with Crippen molar-refractivity contribution < 1.29 is 23.5 Å². The molecule has 1 saturated heterocycles. The number of amides is 2. The number of carbonyl (C=O) groups excluding carboxylic acids is 2. The van der Waals surface area contributed by atoms with Crippen LogP contribution in [0.25, 0.3) is 0 Å². The molecule has 194 valence electrons. The highest BCUT2D eigenvalue weighted by Crippen LogP contribution is 2.48. The highest BCUT2D eigenvalue weighted by atomic mass is 19.2. The van der Waals surface area contributed by atoms with Gasteiger partial charge in [0, 0.05) is 36.5 Å². The van der Waals surface area contributed by atoms with Gasteiger partial charge in [0.1, 0.15) is 12.1 Å². The van der Waals surface area contributed by atoms with Gasteiger partial charge in [-0.1, -0.05) is 39.0 Å². The van der Waals surface area contributed by atoms with Crippen molar-refractivity contribution in [3.05, 3.63) is 47.3 Å². The van der Waals surface area contributed by atoms with E-state index in [1.54, 1.807) is 4.68 Å². The highest BCUT2D eigenvalue weighted by molar-refractivity contribution is 5.90. The van der Waals surface area contributed by atoms with Gasteiger partial charge in [0.25, 0.3) is 0 Å². The van der Waals surface area contributed by atoms with Crippen molar-refractivity contribution in [2.24, 2.45) is 5.41 Å². The Morgan fingerprint density at radius 1 is 1.22 bits per heavy atom. The van der Waals surface area contributed by atoms with Gasteiger partial charge in [-0.15, -0.1) is 5.10 Å². The first-order valence-electron chi connectivity index (χ1n) is 12.5. The van der Waals surface area contributed by atoms with Gasteiger partial charge in [-0.2, -0.15) is 0 Å². The van der Waals surface area contributed by atoms with Crippen molar-refractivity contribution in [2.75, 3.05) is 6.54 Å². The molecule has 2 heterocycles. The van der Waals surface area contributed by atoms with E-state index in [1.165, 1.54) is 17.0 Å². The van der Waals surface area contributed by atoms with Gasteiger partial charge in [0.15, 0.2) is 11.6 Å². The fourth-order valence-electron chi connectivity index (χ4n) is 5.34. The minimum absolute atomic E-state index is 0.0544. The van der Waals surface area contributed by atoms with Crippen LogP contribution in [-0.4, -0.2) is 61.5 Å². The molecular weight excluding hydrogens is 468 g/mol. The van der Waals surface area contributed by atoms with E-state index in [0.717, 1.165) is 24.6 Å². The molecule has 10 heteroatoms. The maximum Gasteiger partial charge on any atom is 0.248 e. The van der Waals surface area contributed by atoms with E-state index >= 15 is 0 Å². The highest BCUT2D eigenvalue weighted by Gasteiger charge is 2.54. The van der Waals surface area contributed by atoms with Crippen molar-refractivity contribution >= 4 is 11.8 Å². The quantitative estimate of drug-likeness (QED) is 0.634. The summed E-state index contributed by atoms with van der Waals surface area (Å²) in [5.41, 5.74) is 0.445. The lowest BCUT2D eigenvalue weighted by Crippen LogP contribution is -2.51. The van der Waals surface area contributed by atoms with Crippen LogP contribution in [-0.2, 0) is 15.0 Å². The van der Waals surface area contributed by atoms with Crippen LogP contribution in [0, 0.1) is 17.0 Å². The summed E-state index contributed by atoms with van der Waals surface area (Å²) in [7, 11) is 0. The molecule has 5 atom stereocenters. The maximum atomic E-state index is 13.8. The molecule has 2 aliphatic carbocycles. The van der Waals surface area contributed by atoms with E-state index in [1.807, 2.05) is 33.9 Å². The van der Waals surface area contributed by atoms with Crippen LogP contribution in [0.4, 0.5) is 8.78 Å². The molecule has 0 spiro atoms. The summed E-state index contributed by atoms with van der Waals surface area (Å²) in [5.74, 6) is -2.09. The van der Waals surface area contributed by atoms with E-state index in [-0.39, 0.29) is 30.8 Å². The summed E-state index contributed by atoms with van der Waals surface area (Å²) < 4.78 is 28.7. The molecule has 2 saturated carbocycles. The average Bonchev–Trinajstić information content (AvgIpc) is 3.65. The van der Waals surface area contributed by atoms with Crippen molar-refractivity contribution in [1.29, 1.82) is 0 Å². The molecule has 36 heavy (non-hydrogen) atoms. The van der Waals surface area contributed by atoms with E-state index in [2.05, 4.69) is 15.6 Å². The van der Waals surface area contributed by atoms with Crippen molar-refractivity contribution in [3.63, 3.8) is 0 Å². The lowest BCUT2D eigenvalue weighted by atomic mass is 9.85. The summed E-state index contributed by atoms with van der Waals surface area (Å²) in [6.07, 6.45) is 3.84. The first kappa shape index (κ1) is 24.8. The Hall–Kier alpha value is -2.88. The number of halogens is 2. The molecule has 0 radical (unpaired) electrons. The zero-order chi connectivity index (χ0) is 26.0. The molecule has 4 unspecified atom stereocenters. The van der Waals surface area contributed by atoms with Crippen LogP contribution >= 0.6 is 0 Å². The normalized spacial score (nSPS) is 28.8. The van der Waals surface area contributed by atoms with E-state index in [4.69, 9.17) is 0 Å². The SMILES string of the molecule is CC1(c2ccc(F)c(F)c2)CC1NC(=O)C1CC(O)CN1C(=O)[C@@H](n1cc(C2CC2)nn1)C(C)(C)C. The number of β-amino-alcohol motifs (C(OH)–C–C–N with tert-alkyl or cyclic N) is 1. The molecule has 3 aliphatic rings. The zero-order valence-corrected chi connectivity index (χ0v) is 21.0. The number of rotatable bonds is 6. The summed E-state index contributed by atoms with van der Waals surface area (Å²) >= 11 is 0. The van der Waals surface area contributed by atoms with Crippen LogP contribution in [0.1, 0.15) is 76.6 Å². The van der Waals surface area contributed by atoms with Gasteiger partial charge >= 0.3 is 0 Å². The first-order chi connectivity index (χ1) is 16.9. The van der Waals surface area contributed by atoms with Crippen molar-refractivity contribution in [2.45, 2.75) is 88.9 Å². The maximum absolute atomic E-state index is 13.8. The molecule has 2 amide bonds. The molecule has 1 aromatic heterocycles. The Morgan fingerprint density at radius 3 is 2.58 bits per heavy atom. The molecule has 2 aromatic rings. The number of nitrogens with zero attached hydrogens (tertiary/aromatic N) is 4. The first-order valence-corrected chi connectivity index (χ1v) is 12.5. The molecule has 1 aliphatic heterocycles. The number of likely N-dealkylation sites (tertiary alicyclic amines) is 1. The molecule has 0 bridgehead atoms. The van der Waals surface area contributed by atoms with Crippen LogP contribution < -0.4 is 5.32 Å². The fraction of sp³-hybridized carbons (Fsp3) is 0.615. The minimum atomic E-state index is -0.924. The number of benzene rings is 1. The number of nitrogens with one attached hydrogen (secondary N) is 1. The number of hydrogen-bond donors (Lipinski definition) is 2. The predicted molar refractivity (Wildman–Crippen MR) is 127 cm³/mol. The number of carbonyl (C=O) groups is 2. The Kier molecular flexibility index (Phi) is 5.93. The Bertz CT molecular complexity index is 1190. The van der Waals surface area contributed by atoms with Crippen LogP contribution in [0.3, 0.4) is 0 Å². The van der Waals surface area contributed by atoms with Gasteiger partial charge < -0.3 is 15.3 Å². The number of aliphatic hydroxyl groups is 1. The van der Waals surface area contributed by atoms with Crippen LogP contribution in [0.2, 0.25) is 0 Å². The van der Waals surface area contributed by atoms with E-state index in [9.17, 15) is 23.5 Å². The second kappa shape index (κ2) is 8.61. The molecular formula is C26H33F2N5O3. The van der Waals surface area contributed by atoms with Crippen molar-refractivity contribution in [3.8, 4) is 0 Å². The number of hydrogen-bond acceptors (Lipinski definition) is 5. The second-order valence-electron chi connectivity index (χ2n) is 11.9. The zero-order valence-electron chi connectivity index (χ0n) is 21.0. The summed E-state index contributed by atoms with van der Waals surface area (Å²) in [6.45, 7) is 7.75. The smallest absolute Gasteiger partial charge is 0.248 e. The Morgan fingerprint density at radius 2 is 1.94 bits per heavy atom. The third kappa shape index (κ3) is 4.51. The van der Waals surface area contributed by atoms with E-state index in [0.29, 0.717) is 17.9 Å². The Balaban J connectivity index is 1.32. The lowest BCUT2D eigenvalue weighted by Gasteiger charge is -2.34. The van der Waals surface area contributed by atoms with Gasteiger partial charge in [-0.3, -0.25) is 9.59 Å². The van der Waals surface area contributed by atoms with Gasteiger partial charge in [-0.25, -0.2) is 13.5 Å². The molecule has 5 rings (SSSR count). The topological polar surface area (TPSA) is 100 Å². The van der Waals surface area contributed by atoms with Crippen LogP contribution in [0.15, 0.2) is 24.4 Å². The Labute approximate surface area is 209 Å². The van der Waals surface area contributed by atoms with Crippen LogP contribution in [0.5, 0.6) is 0 Å². The predicted octanol–water partition coefficient (Wildman–Crippen LogP) is 2.83. The second-order valence-corrected chi connectivity index (χ2v) is 11.9. The number of aromatic nitrogens is 3. The average molecular weight is 502 g/mol. The largest absolute Gasteiger partial charge is 0.391 e. The standard InChI is InChI=1S/C26H33F2N5O3/c1-25(2,3)22(33-13-19(30-31-33)14-5-6-14)24(36)32-12-16(34)10-20(32)23(35)29-21-11-26(21,4)15-7-8-17(27)18(28)9-15/h7-9,13-14,16,20-22,34H,5-6,10-12H2,1-4H3,(H,29,35)/t16?,20?,21?,22-,26?/m1/s1. The monoisotopic (exact) mass is 501 g/mol. The molecule has 1 aromatic carbocycles. The minimum Gasteiger partial charge on any atom is -0.391 e. The van der Waals surface area contributed by atoms with Gasteiger partial charge in [0.2, 0.25) is 11.8 Å². The van der Waals surface area contributed by atoms with Crippen molar-refractivity contribution in [1.82, 2.24) is 25.2 Å². The molecule has 8 nitrogen and oxygen atoms in total. The summed E-state index contributed by atoms with van der Waals surface area (Å²) in [5, 5.41) is 21.9. The lowest BCUT2D eigenvalue weighted by molar-refractivity contribution is -0.144. The summed E-state index contributed by atoms with van der Waals surface area (Å²) in [6, 6.07) is 1.98. The van der Waals surface area contributed by atoms with Gasteiger partial charge in [0.05, 0.1) is 11.8 Å². The van der Waals surface area contributed by atoms with Gasteiger partial charge in [-0.05, 0) is 42.4 Å². The van der Waals surface area contributed by atoms with E-state index < -0.39 is 40.7 Å². The summed E-state index contributed by atoms with van der Waals surface area (Å²) in [4.78, 5) is 28.6.